The average molecular weight is 307 g/mol. The maximum Gasteiger partial charge on any atom is 0.228 e. The molecule has 0 fully saturated rings. The molecule has 0 aromatic heterocycles. The van der Waals surface area contributed by atoms with Gasteiger partial charge in [0, 0.05) is 23.6 Å². The predicted octanol–water partition coefficient (Wildman–Crippen LogP) is 2.87. The van der Waals surface area contributed by atoms with E-state index in [4.69, 9.17) is 16.3 Å². The van der Waals surface area contributed by atoms with Crippen LogP contribution in [-0.2, 0) is 4.79 Å². The molecule has 1 aromatic carbocycles. The number of aryl methyl sites for hydroxylation is 1. The van der Waals surface area contributed by atoms with Crippen molar-refractivity contribution in [3.05, 3.63) is 22.7 Å². The number of carbonyl (C=O) groups excluding carboxylic acids is 1. The Morgan fingerprint density at radius 3 is 2.63 bits per heavy atom. The summed E-state index contributed by atoms with van der Waals surface area (Å²) < 4.78 is 5.21. The summed E-state index contributed by atoms with van der Waals surface area (Å²) >= 11 is 6.01. The Kier molecular flexibility index (Phi) is 7.83. The Labute approximate surface area is 125 Å². The van der Waals surface area contributed by atoms with Crippen LogP contribution in [0.1, 0.15) is 12.5 Å². The summed E-state index contributed by atoms with van der Waals surface area (Å²) in [6.07, 6.45) is 0. The second kappa shape index (κ2) is 8.25. The molecule has 0 spiro atoms. The monoisotopic (exact) mass is 306 g/mol. The maximum absolute atomic E-state index is 11.9. The van der Waals surface area contributed by atoms with Gasteiger partial charge in [-0.3, -0.25) is 4.79 Å². The predicted molar refractivity (Wildman–Crippen MR) is 81.7 cm³/mol. The van der Waals surface area contributed by atoms with E-state index < -0.39 is 0 Å². The molecular formula is C13H20Cl2N2O2. The van der Waals surface area contributed by atoms with Gasteiger partial charge in [0.1, 0.15) is 5.75 Å². The Morgan fingerprint density at radius 1 is 1.47 bits per heavy atom. The van der Waals surface area contributed by atoms with Crippen LogP contribution in [0.3, 0.4) is 0 Å². The number of amides is 1. The molecule has 108 valence electrons. The smallest absolute Gasteiger partial charge is 0.228 e. The first-order chi connectivity index (χ1) is 8.49. The molecule has 0 saturated carbocycles. The van der Waals surface area contributed by atoms with Crippen molar-refractivity contribution in [1.29, 1.82) is 0 Å². The number of hydrogen-bond acceptors (Lipinski definition) is 3. The topological polar surface area (TPSA) is 50.4 Å². The fraction of sp³-hybridized carbons (Fsp3) is 0.462. The van der Waals surface area contributed by atoms with Gasteiger partial charge >= 0.3 is 0 Å². The summed E-state index contributed by atoms with van der Waals surface area (Å²) in [6, 6.07) is 3.51. The number of halogens is 2. The Morgan fingerprint density at radius 2 is 2.11 bits per heavy atom. The van der Waals surface area contributed by atoms with Gasteiger partial charge in [-0.1, -0.05) is 18.5 Å². The highest BCUT2D eigenvalue weighted by Crippen LogP contribution is 2.31. The largest absolute Gasteiger partial charge is 0.495 e. The van der Waals surface area contributed by atoms with Crippen molar-refractivity contribution in [2.24, 2.45) is 5.92 Å². The van der Waals surface area contributed by atoms with E-state index in [-0.39, 0.29) is 24.2 Å². The fourth-order valence-corrected chi connectivity index (χ4v) is 1.74. The van der Waals surface area contributed by atoms with Crippen LogP contribution < -0.4 is 15.4 Å². The van der Waals surface area contributed by atoms with Gasteiger partial charge in [-0.2, -0.15) is 0 Å². The van der Waals surface area contributed by atoms with Gasteiger partial charge < -0.3 is 15.4 Å². The zero-order valence-corrected chi connectivity index (χ0v) is 13.1. The highest BCUT2D eigenvalue weighted by molar-refractivity contribution is 6.31. The number of benzene rings is 1. The van der Waals surface area contributed by atoms with E-state index >= 15 is 0 Å². The van der Waals surface area contributed by atoms with E-state index in [0.717, 1.165) is 5.56 Å². The third kappa shape index (κ3) is 4.90. The standard InChI is InChI=1S/C13H19ClN2O2.ClH/c1-8-5-11(12(18-4)6-10(8)14)16-13(17)9(2)7-15-3;/h5-6,9,15H,7H2,1-4H3,(H,16,17);1H. The van der Waals surface area contributed by atoms with Gasteiger partial charge in [-0.05, 0) is 25.6 Å². The lowest BCUT2D eigenvalue weighted by Crippen LogP contribution is -2.28. The second-order valence-electron chi connectivity index (χ2n) is 4.25. The van der Waals surface area contributed by atoms with Crippen molar-refractivity contribution in [2.45, 2.75) is 13.8 Å². The SMILES string of the molecule is CNCC(C)C(=O)Nc1cc(C)c(Cl)cc1OC.Cl. The van der Waals surface area contributed by atoms with E-state index in [2.05, 4.69) is 10.6 Å². The summed E-state index contributed by atoms with van der Waals surface area (Å²) in [4.78, 5) is 11.9. The highest BCUT2D eigenvalue weighted by atomic mass is 35.5. The van der Waals surface area contributed by atoms with E-state index in [1.807, 2.05) is 27.0 Å². The third-order valence-corrected chi connectivity index (χ3v) is 3.10. The van der Waals surface area contributed by atoms with Gasteiger partial charge in [0.05, 0.1) is 12.8 Å². The number of hydrogen-bond donors (Lipinski definition) is 2. The van der Waals surface area contributed by atoms with Crippen LogP contribution >= 0.6 is 24.0 Å². The molecular weight excluding hydrogens is 287 g/mol. The van der Waals surface area contributed by atoms with Crippen LogP contribution in [0.15, 0.2) is 12.1 Å². The molecule has 6 heteroatoms. The summed E-state index contributed by atoms with van der Waals surface area (Å²) in [5, 5.41) is 6.44. The number of nitrogens with one attached hydrogen (secondary N) is 2. The molecule has 4 nitrogen and oxygen atoms in total. The van der Waals surface area contributed by atoms with Crippen LogP contribution in [0.25, 0.3) is 0 Å². The lowest BCUT2D eigenvalue weighted by atomic mass is 10.1. The molecule has 19 heavy (non-hydrogen) atoms. The molecule has 0 aliphatic carbocycles. The second-order valence-corrected chi connectivity index (χ2v) is 4.66. The average Bonchev–Trinajstić information content (AvgIpc) is 2.33. The molecule has 0 heterocycles. The van der Waals surface area contributed by atoms with Crippen molar-refractivity contribution < 1.29 is 9.53 Å². The van der Waals surface area contributed by atoms with Crippen LogP contribution in [-0.4, -0.2) is 26.6 Å². The molecule has 1 unspecified atom stereocenters. The van der Waals surface area contributed by atoms with Crippen LogP contribution in [0.4, 0.5) is 5.69 Å². The lowest BCUT2D eigenvalue weighted by Gasteiger charge is -2.15. The summed E-state index contributed by atoms with van der Waals surface area (Å²) in [6.45, 7) is 4.37. The first kappa shape index (κ1) is 18.0. The van der Waals surface area contributed by atoms with E-state index in [0.29, 0.717) is 23.0 Å². The van der Waals surface area contributed by atoms with Crippen LogP contribution in [0.5, 0.6) is 5.75 Å². The zero-order chi connectivity index (χ0) is 13.7. The Balaban J connectivity index is 0.00000324. The highest BCUT2D eigenvalue weighted by Gasteiger charge is 2.15. The molecule has 2 N–H and O–H groups in total. The van der Waals surface area contributed by atoms with E-state index in [1.54, 1.807) is 13.2 Å². The number of rotatable bonds is 5. The molecule has 0 radical (unpaired) electrons. The minimum atomic E-state index is -0.115. The molecule has 0 aliphatic rings. The molecule has 0 bridgehead atoms. The van der Waals surface area contributed by atoms with Gasteiger partial charge in [-0.15, -0.1) is 12.4 Å². The minimum Gasteiger partial charge on any atom is -0.495 e. The van der Waals surface area contributed by atoms with Gasteiger partial charge in [-0.25, -0.2) is 0 Å². The normalized spacial score (nSPS) is 11.4. The van der Waals surface area contributed by atoms with Gasteiger partial charge in [0.15, 0.2) is 0 Å². The van der Waals surface area contributed by atoms with E-state index in [9.17, 15) is 4.79 Å². The third-order valence-electron chi connectivity index (χ3n) is 2.70. The summed E-state index contributed by atoms with van der Waals surface area (Å²) in [7, 11) is 3.37. The molecule has 0 aliphatic heterocycles. The number of anilines is 1. The zero-order valence-electron chi connectivity index (χ0n) is 11.5. The molecule has 1 amide bonds. The van der Waals surface area contributed by atoms with Crippen molar-refractivity contribution in [3.8, 4) is 5.75 Å². The van der Waals surface area contributed by atoms with Crippen molar-refractivity contribution >= 4 is 35.6 Å². The van der Waals surface area contributed by atoms with E-state index in [1.165, 1.54) is 0 Å². The minimum absolute atomic E-state index is 0. The Bertz CT molecular complexity index is 439. The van der Waals surface area contributed by atoms with Crippen molar-refractivity contribution in [2.75, 3.05) is 26.0 Å². The van der Waals surface area contributed by atoms with Crippen LogP contribution in [0.2, 0.25) is 5.02 Å². The summed E-state index contributed by atoms with van der Waals surface area (Å²) in [5.41, 5.74) is 1.54. The van der Waals surface area contributed by atoms with Crippen molar-refractivity contribution in [1.82, 2.24) is 5.32 Å². The van der Waals surface area contributed by atoms with Crippen molar-refractivity contribution in [3.63, 3.8) is 0 Å². The summed E-state index contributed by atoms with van der Waals surface area (Å²) in [5.74, 6) is 0.399. The number of ether oxygens (including phenoxy) is 1. The van der Waals surface area contributed by atoms with Gasteiger partial charge in [0.25, 0.3) is 0 Å². The Hall–Kier alpha value is -0.970. The fourth-order valence-electron chi connectivity index (χ4n) is 1.58. The number of carbonyl (C=O) groups is 1. The lowest BCUT2D eigenvalue weighted by molar-refractivity contribution is -0.119. The quantitative estimate of drug-likeness (QED) is 0.879. The molecule has 1 atom stereocenters. The molecule has 1 aromatic rings. The number of methoxy groups -OCH3 is 1. The molecule has 0 saturated heterocycles. The molecule has 1 rings (SSSR count). The van der Waals surface area contributed by atoms with Gasteiger partial charge in [0.2, 0.25) is 5.91 Å². The van der Waals surface area contributed by atoms with Crippen LogP contribution in [0, 0.1) is 12.8 Å². The first-order valence-electron chi connectivity index (χ1n) is 5.79. The maximum atomic E-state index is 11.9. The first-order valence-corrected chi connectivity index (χ1v) is 6.17.